The van der Waals surface area contributed by atoms with Crippen LogP contribution in [0.2, 0.25) is 18.1 Å². The summed E-state index contributed by atoms with van der Waals surface area (Å²) in [6.07, 6.45) is 27.0. The number of unbranched alkanes of at least 4 members (excludes halogenated alkanes) is 9. The highest BCUT2D eigenvalue weighted by Gasteiger charge is 2.36. The summed E-state index contributed by atoms with van der Waals surface area (Å²) in [5.41, 5.74) is 0. The van der Waals surface area contributed by atoms with Crippen LogP contribution in [0.1, 0.15) is 130 Å². The van der Waals surface area contributed by atoms with E-state index in [1.807, 2.05) is 14.1 Å². The SMILES string of the molecule is CCCCCC=CCC=CCCCCCCCCC(CCCO[Si](C)(C)C(C)(C)C)OC(=O)OCCCN(C)C. The van der Waals surface area contributed by atoms with E-state index in [2.05, 4.69) is 70.0 Å². The summed E-state index contributed by atoms with van der Waals surface area (Å²) < 4.78 is 17.4. The monoisotopic (exact) mass is 581 g/mol. The fourth-order valence-corrected chi connectivity index (χ4v) is 5.27. The van der Waals surface area contributed by atoms with E-state index in [1.165, 1.54) is 64.2 Å². The first-order valence-corrected chi connectivity index (χ1v) is 19.3. The van der Waals surface area contributed by atoms with E-state index in [9.17, 15) is 4.79 Å². The van der Waals surface area contributed by atoms with Gasteiger partial charge in [-0.05, 0) is 96.4 Å². The Morgan fingerprint density at radius 3 is 1.95 bits per heavy atom. The lowest BCUT2D eigenvalue weighted by molar-refractivity contribution is 0.0139. The zero-order chi connectivity index (χ0) is 30.1. The van der Waals surface area contributed by atoms with Gasteiger partial charge in [-0.2, -0.15) is 0 Å². The molecule has 0 aromatic carbocycles. The highest BCUT2D eigenvalue weighted by molar-refractivity contribution is 6.74. The van der Waals surface area contributed by atoms with Gasteiger partial charge in [0.25, 0.3) is 0 Å². The molecule has 40 heavy (non-hydrogen) atoms. The Labute approximate surface area is 250 Å². The van der Waals surface area contributed by atoms with Crippen molar-refractivity contribution in [3.8, 4) is 0 Å². The molecule has 0 N–H and O–H groups in total. The van der Waals surface area contributed by atoms with Crippen molar-refractivity contribution in [2.75, 3.05) is 33.9 Å². The molecule has 0 aromatic heterocycles. The molecule has 0 rings (SSSR count). The minimum Gasteiger partial charge on any atom is -0.434 e. The van der Waals surface area contributed by atoms with Crippen LogP contribution in [0.5, 0.6) is 0 Å². The first-order valence-electron chi connectivity index (χ1n) is 16.4. The smallest absolute Gasteiger partial charge is 0.434 e. The maximum Gasteiger partial charge on any atom is 0.508 e. The quantitative estimate of drug-likeness (QED) is 0.0464. The maximum atomic E-state index is 12.3. The van der Waals surface area contributed by atoms with Crippen molar-refractivity contribution < 1.29 is 18.7 Å². The summed E-state index contributed by atoms with van der Waals surface area (Å²) in [6, 6.07) is 0. The van der Waals surface area contributed by atoms with E-state index in [4.69, 9.17) is 13.9 Å². The molecule has 0 radical (unpaired) electrons. The van der Waals surface area contributed by atoms with Gasteiger partial charge >= 0.3 is 6.16 Å². The fraction of sp³-hybridized carbons (Fsp3) is 0.853. The van der Waals surface area contributed by atoms with Crippen LogP contribution in [0.25, 0.3) is 0 Å². The minimum absolute atomic E-state index is 0.0878. The molecule has 0 amide bonds. The lowest BCUT2D eigenvalue weighted by Gasteiger charge is -2.36. The Kier molecular flexibility index (Phi) is 23.8. The molecule has 1 atom stereocenters. The number of nitrogens with zero attached hydrogens (tertiary/aromatic N) is 1. The normalized spacial score (nSPS) is 13.5. The van der Waals surface area contributed by atoms with Crippen molar-refractivity contribution in [2.45, 2.75) is 155 Å². The van der Waals surface area contributed by atoms with Crippen LogP contribution in [0, 0.1) is 0 Å². The van der Waals surface area contributed by atoms with Crippen molar-refractivity contribution in [1.29, 1.82) is 0 Å². The number of hydrogen-bond acceptors (Lipinski definition) is 5. The Balaban J connectivity index is 4.21. The highest BCUT2D eigenvalue weighted by atomic mass is 28.4. The summed E-state index contributed by atoms with van der Waals surface area (Å²) in [5.74, 6) is 0. The number of allylic oxidation sites excluding steroid dienone is 4. The Morgan fingerprint density at radius 2 is 1.35 bits per heavy atom. The van der Waals surface area contributed by atoms with E-state index in [-0.39, 0.29) is 11.1 Å². The van der Waals surface area contributed by atoms with Gasteiger partial charge in [-0.3, -0.25) is 0 Å². The summed E-state index contributed by atoms with van der Waals surface area (Å²) in [7, 11) is 2.29. The van der Waals surface area contributed by atoms with Gasteiger partial charge in [0.05, 0.1) is 6.61 Å². The van der Waals surface area contributed by atoms with Gasteiger partial charge in [0.2, 0.25) is 0 Å². The third-order valence-electron chi connectivity index (χ3n) is 7.90. The molecule has 0 saturated heterocycles. The molecule has 236 valence electrons. The molecule has 0 spiro atoms. The second-order valence-corrected chi connectivity index (χ2v) is 17.9. The van der Waals surface area contributed by atoms with E-state index in [0.717, 1.165) is 51.7 Å². The van der Waals surface area contributed by atoms with Crippen molar-refractivity contribution in [3.63, 3.8) is 0 Å². The molecule has 1 unspecified atom stereocenters. The predicted octanol–water partition coefficient (Wildman–Crippen LogP) is 10.5. The minimum atomic E-state index is -1.75. The molecule has 0 fully saturated rings. The molecule has 0 heterocycles. The summed E-state index contributed by atoms with van der Waals surface area (Å²) >= 11 is 0. The number of rotatable bonds is 25. The van der Waals surface area contributed by atoms with Crippen LogP contribution < -0.4 is 0 Å². The van der Waals surface area contributed by atoms with Gasteiger partial charge in [-0.25, -0.2) is 4.79 Å². The fourth-order valence-electron chi connectivity index (χ4n) is 4.18. The average molecular weight is 582 g/mol. The topological polar surface area (TPSA) is 48.0 Å². The maximum absolute atomic E-state index is 12.3. The average Bonchev–Trinajstić information content (AvgIpc) is 2.87. The molecular formula is C34H67NO4Si. The second kappa shape index (κ2) is 24.5. The third kappa shape index (κ3) is 23.6. The van der Waals surface area contributed by atoms with Crippen molar-refractivity contribution in [2.24, 2.45) is 0 Å². The third-order valence-corrected chi connectivity index (χ3v) is 12.4. The van der Waals surface area contributed by atoms with Crippen LogP contribution >= 0.6 is 0 Å². The molecule has 0 aliphatic heterocycles. The van der Waals surface area contributed by atoms with Crippen molar-refractivity contribution in [1.82, 2.24) is 4.90 Å². The molecule has 0 aromatic rings. The Bertz CT molecular complexity index is 655. The number of carbonyl (C=O) groups excluding carboxylic acids is 1. The van der Waals surface area contributed by atoms with E-state index < -0.39 is 14.5 Å². The van der Waals surface area contributed by atoms with Gasteiger partial charge in [0.15, 0.2) is 8.32 Å². The second-order valence-electron chi connectivity index (χ2n) is 13.1. The van der Waals surface area contributed by atoms with Crippen LogP contribution in [0.4, 0.5) is 4.79 Å². The van der Waals surface area contributed by atoms with E-state index in [0.29, 0.717) is 6.61 Å². The van der Waals surface area contributed by atoms with Crippen molar-refractivity contribution in [3.05, 3.63) is 24.3 Å². The van der Waals surface area contributed by atoms with Crippen LogP contribution in [0.3, 0.4) is 0 Å². The predicted molar refractivity (Wildman–Crippen MR) is 176 cm³/mol. The zero-order valence-corrected chi connectivity index (χ0v) is 28.9. The van der Waals surface area contributed by atoms with Gasteiger partial charge in [-0.15, -0.1) is 0 Å². The molecule has 5 nitrogen and oxygen atoms in total. The lowest BCUT2D eigenvalue weighted by Crippen LogP contribution is -2.41. The Morgan fingerprint density at radius 1 is 0.775 bits per heavy atom. The first-order chi connectivity index (χ1) is 19.0. The molecule has 0 aliphatic rings. The molecule has 0 aliphatic carbocycles. The standard InChI is InChI=1S/C34H67NO4Si/c1-9-10-11-12-13-14-15-16-17-18-19-20-21-22-23-24-27-32(39-33(36)37-30-26-29-35(5)6)28-25-31-38-40(7,8)34(2,3)4/h13-14,16-17,32H,9-12,15,18-31H2,1-8H3. The summed E-state index contributed by atoms with van der Waals surface area (Å²) in [4.78, 5) is 14.4. The summed E-state index contributed by atoms with van der Waals surface area (Å²) in [6.45, 7) is 15.7. The number of ether oxygens (including phenoxy) is 2. The van der Waals surface area contributed by atoms with Crippen LogP contribution in [0.15, 0.2) is 24.3 Å². The van der Waals surface area contributed by atoms with Crippen LogP contribution in [-0.4, -0.2) is 59.3 Å². The van der Waals surface area contributed by atoms with Gasteiger partial charge < -0.3 is 18.8 Å². The van der Waals surface area contributed by atoms with Gasteiger partial charge in [-0.1, -0.05) is 90.5 Å². The van der Waals surface area contributed by atoms with Crippen LogP contribution in [-0.2, 0) is 13.9 Å². The van der Waals surface area contributed by atoms with E-state index in [1.54, 1.807) is 0 Å². The largest absolute Gasteiger partial charge is 0.508 e. The molecule has 6 heteroatoms. The zero-order valence-electron chi connectivity index (χ0n) is 27.9. The van der Waals surface area contributed by atoms with E-state index >= 15 is 0 Å². The Hall–Kier alpha value is -1.11. The first kappa shape index (κ1) is 38.9. The van der Waals surface area contributed by atoms with Crippen molar-refractivity contribution >= 4 is 14.5 Å². The number of carbonyl (C=O) groups is 1. The molecule has 0 saturated carbocycles. The number of hydrogen-bond donors (Lipinski definition) is 0. The lowest BCUT2D eigenvalue weighted by atomic mass is 10.0. The van der Waals surface area contributed by atoms with Gasteiger partial charge in [0.1, 0.15) is 6.10 Å². The summed E-state index contributed by atoms with van der Waals surface area (Å²) in [5, 5.41) is 0.209. The highest BCUT2D eigenvalue weighted by Crippen LogP contribution is 2.36. The molecular weight excluding hydrogens is 514 g/mol. The van der Waals surface area contributed by atoms with Gasteiger partial charge in [0, 0.05) is 13.2 Å². The molecule has 0 bridgehead atoms.